The van der Waals surface area contributed by atoms with Crippen LogP contribution >= 0.6 is 23.1 Å². The highest BCUT2D eigenvalue weighted by Gasteiger charge is 2.23. The van der Waals surface area contributed by atoms with Crippen LogP contribution in [0.4, 0.5) is 0 Å². The first-order valence-electron chi connectivity index (χ1n) is 7.10. The molecule has 0 saturated heterocycles. The van der Waals surface area contributed by atoms with Crippen LogP contribution in [0.5, 0.6) is 0 Å². The smallest absolute Gasteiger partial charge is 0.157 e. The van der Waals surface area contributed by atoms with Crippen LogP contribution in [0.2, 0.25) is 0 Å². The molecule has 2 aromatic rings. The van der Waals surface area contributed by atoms with Crippen molar-refractivity contribution in [1.29, 1.82) is 0 Å². The van der Waals surface area contributed by atoms with Crippen LogP contribution in [0, 0.1) is 13.8 Å². The van der Waals surface area contributed by atoms with Gasteiger partial charge in [-0.3, -0.25) is 4.99 Å². The molecular formula is C16H19N3S2. The summed E-state index contributed by atoms with van der Waals surface area (Å²) in [6.45, 7) is 7.16. The Morgan fingerprint density at radius 2 is 2.00 bits per heavy atom. The average molecular weight is 317 g/mol. The number of rotatable bonds is 3. The highest BCUT2D eigenvalue weighted by atomic mass is 32.2. The lowest BCUT2D eigenvalue weighted by atomic mass is 10.1. The summed E-state index contributed by atoms with van der Waals surface area (Å²) in [7, 11) is 0. The lowest BCUT2D eigenvalue weighted by Crippen LogP contribution is -2.22. The predicted octanol–water partition coefficient (Wildman–Crippen LogP) is 4.25. The lowest BCUT2D eigenvalue weighted by molar-refractivity contribution is 0.729. The Hall–Kier alpha value is -1.33. The summed E-state index contributed by atoms with van der Waals surface area (Å²) in [6.07, 6.45) is 0. The first-order valence-corrected chi connectivity index (χ1v) is 8.79. The Morgan fingerprint density at radius 1 is 1.24 bits per heavy atom. The maximum atomic E-state index is 4.65. The van der Waals surface area contributed by atoms with E-state index in [-0.39, 0.29) is 6.04 Å². The molecule has 5 heteroatoms. The van der Waals surface area contributed by atoms with Crippen LogP contribution in [-0.2, 0) is 0 Å². The fourth-order valence-corrected chi connectivity index (χ4v) is 4.53. The summed E-state index contributed by atoms with van der Waals surface area (Å²) in [4.78, 5) is 10.5. The van der Waals surface area contributed by atoms with E-state index in [1.165, 1.54) is 10.4 Å². The van der Waals surface area contributed by atoms with Crippen molar-refractivity contribution >= 4 is 28.3 Å². The molecule has 0 radical (unpaired) electrons. The number of thiazole rings is 1. The molecular weight excluding hydrogens is 298 g/mol. The SMILES string of the molecule is Cc1nc(C)c(C(C)NC2=NCC(c3ccccc3)S2)s1. The van der Waals surface area contributed by atoms with Crippen LogP contribution < -0.4 is 5.32 Å². The van der Waals surface area contributed by atoms with Crippen molar-refractivity contribution in [2.24, 2.45) is 4.99 Å². The normalized spacial score (nSPS) is 19.4. The van der Waals surface area contributed by atoms with Crippen molar-refractivity contribution in [1.82, 2.24) is 10.3 Å². The summed E-state index contributed by atoms with van der Waals surface area (Å²) in [5, 5.41) is 6.14. The molecule has 110 valence electrons. The number of aliphatic imine (C=N–C) groups is 1. The van der Waals surface area contributed by atoms with E-state index in [1.54, 1.807) is 11.3 Å². The molecule has 1 aliphatic rings. The van der Waals surface area contributed by atoms with Gasteiger partial charge in [0, 0.05) is 4.88 Å². The molecule has 2 heterocycles. The molecule has 2 unspecified atom stereocenters. The van der Waals surface area contributed by atoms with Crippen molar-refractivity contribution in [3.63, 3.8) is 0 Å². The molecule has 0 aliphatic carbocycles. The van der Waals surface area contributed by atoms with Gasteiger partial charge in [-0.1, -0.05) is 42.1 Å². The molecule has 0 bridgehead atoms. The maximum absolute atomic E-state index is 4.65. The highest BCUT2D eigenvalue weighted by molar-refractivity contribution is 8.14. The van der Waals surface area contributed by atoms with Gasteiger partial charge in [0.25, 0.3) is 0 Å². The molecule has 1 aliphatic heterocycles. The largest absolute Gasteiger partial charge is 0.358 e. The number of aryl methyl sites for hydroxylation is 2. The van der Waals surface area contributed by atoms with E-state index >= 15 is 0 Å². The fraction of sp³-hybridized carbons (Fsp3) is 0.375. The monoisotopic (exact) mass is 317 g/mol. The molecule has 1 aromatic carbocycles. The second-order valence-corrected chi connectivity index (χ2v) is 7.64. The van der Waals surface area contributed by atoms with E-state index in [4.69, 9.17) is 0 Å². The topological polar surface area (TPSA) is 37.3 Å². The first-order chi connectivity index (χ1) is 10.1. The average Bonchev–Trinajstić information content (AvgIpc) is 3.06. The summed E-state index contributed by atoms with van der Waals surface area (Å²) in [5.41, 5.74) is 2.47. The number of thioether (sulfide) groups is 1. The minimum Gasteiger partial charge on any atom is -0.358 e. The third kappa shape index (κ3) is 3.30. The third-order valence-electron chi connectivity index (χ3n) is 3.50. The molecule has 3 rings (SSSR count). The van der Waals surface area contributed by atoms with E-state index in [9.17, 15) is 0 Å². The van der Waals surface area contributed by atoms with Gasteiger partial charge in [-0.05, 0) is 26.3 Å². The molecule has 21 heavy (non-hydrogen) atoms. The Kier molecular flexibility index (Phi) is 4.31. The zero-order valence-electron chi connectivity index (χ0n) is 12.5. The van der Waals surface area contributed by atoms with E-state index in [2.05, 4.69) is 66.4 Å². The number of hydrogen-bond donors (Lipinski definition) is 1. The molecule has 1 aromatic heterocycles. The van der Waals surface area contributed by atoms with Gasteiger partial charge < -0.3 is 5.32 Å². The number of nitrogens with zero attached hydrogens (tertiary/aromatic N) is 2. The maximum Gasteiger partial charge on any atom is 0.157 e. The van der Waals surface area contributed by atoms with Gasteiger partial charge >= 0.3 is 0 Å². The van der Waals surface area contributed by atoms with E-state index in [1.807, 2.05) is 11.8 Å². The van der Waals surface area contributed by atoms with Gasteiger partial charge in [0.15, 0.2) is 5.17 Å². The second-order valence-electron chi connectivity index (χ2n) is 5.21. The number of hydrogen-bond acceptors (Lipinski definition) is 5. The molecule has 0 saturated carbocycles. The Morgan fingerprint density at radius 3 is 2.67 bits per heavy atom. The van der Waals surface area contributed by atoms with Gasteiger partial charge in [-0.15, -0.1) is 11.3 Å². The van der Waals surface area contributed by atoms with Gasteiger partial charge in [0.05, 0.1) is 28.5 Å². The Labute approximate surface area is 133 Å². The lowest BCUT2D eigenvalue weighted by Gasteiger charge is -2.14. The van der Waals surface area contributed by atoms with Gasteiger partial charge in [-0.25, -0.2) is 4.98 Å². The molecule has 0 fully saturated rings. The van der Waals surface area contributed by atoms with Crippen LogP contribution in [-0.4, -0.2) is 16.7 Å². The zero-order valence-corrected chi connectivity index (χ0v) is 14.1. The predicted molar refractivity (Wildman–Crippen MR) is 92.2 cm³/mol. The number of amidine groups is 1. The molecule has 0 spiro atoms. The quantitative estimate of drug-likeness (QED) is 0.919. The van der Waals surface area contributed by atoms with Crippen LogP contribution in [0.1, 0.15) is 39.4 Å². The van der Waals surface area contributed by atoms with Crippen LogP contribution in [0.15, 0.2) is 35.3 Å². The van der Waals surface area contributed by atoms with Gasteiger partial charge in [-0.2, -0.15) is 0 Å². The Balaban J connectivity index is 1.63. The van der Waals surface area contributed by atoms with E-state index in [0.29, 0.717) is 5.25 Å². The summed E-state index contributed by atoms with van der Waals surface area (Å²) >= 11 is 3.59. The number of benzene rings is 1. The first kappa shape index (κ1) is 14.6. The Bertz CT molecular complexity index is 649. The standard InChI is InChI=1S/C16H19N3S2/c1-10-15(20-12(3)18-10)11(2)19-16-17-9-14(21-16)13-7-5-4-6-8-13/h4-8,11,14H,9H2,1-3H3,(H,17,19). The minimum absolute atomic E-state index is 0.261. The molecule has 3 nitrogen and oxygen atoms in total. The van der Waals surface area contributed by atoms with Gasteiger partial charge in [0.2, 0.25) is 0 Å². The van der Waals surface area contributed by atoms with Crippen molar-refractivity contribution < 1.29 is 0 Å². The van der Waals surface area contributed by atoms with Crippen molar-refractivity contribution in [2.45, 2.75) is 32.1 Å². The zero-order chi connectivity index (χ0) is 14.8. The summed E-state index contributed by atoms with van der Waals surface area (Å²) in [6, 6.07) is 10.9. The van der Waals surface area contributed by atoms with Gasteiger partial charge in [0.1, 0.15) is 0 Å². The van der Waals surface area contributed by atoms with Crippen molar-refractivity contribution in [2.75, 3.05) is 6.54 Å². The van der Waals surface area contributed by atoms with Crippen LogP contribution in [0.3, 0.4) is 0 Å². The molecule has 2 atom stereocenters. The molecule has 1 N–H and O–H groups in total. The van der Waals surface area contributed by atoms with Crippen LogP contribution in [0.25, 0.3) is 0 Å². The van der Waals surface area contributed by atoms with Crippen molar-refractivity contribution in [3.05, 3.63) is 51.5 Å². The van der Waals surface area contributed by atoms with E-state index < -0.39 is 0 Å². The van der Waals surface area contributed by atoms with E-state index in [0.717, 1.165) is 22.4 Å². The third-order valence-corrected chi connectivity index (χ3v) is 5.93. The van der Waals surface area contributed by atoms with Crippen molar-refractivity contribution in [3.8, 4) is 0 Å². The number of aromatic nitrogens is 1. The molecule has 0 amide bonds. The fourth-order valence-electron chi connectivity index (χ4n) is 2.50. The highest BCUT2D eigenvalue weighted by Crippen LogP contribution is 2.35. The summed E-state index contributed by atoms with van der Waals surface area (Å²) < 4.78 is 0. The minimum atomic E-state index is 0.261. The second kappa shape index (κ2) is 6.20. The summed E-state index contributed by atoms with van der Waals surface area (Å²) in [5.74, 6) is 0. The number of nitrogens with one attached hydrogen (secondary N) is 1.